The molecule has 0 saturated heterocycles. The zero-order valence-electron chi connectivity index (χ0n) is 14.3. The van der Waals surface area contributed by atoms with Crippen LogP contribution in [0.3, 0.4) is 0 Å². The monoisotopic (exact) mass is 340 g/mol. The van der Waals surface area contributed by atoms with Gasteiger partial charge in [0.25, 0.3) is 0 Å². The molecular formula is C19H20N2O4. The average Bonchev–Trinajstić information content (AvgIpc) is 2.62. The third kappa shape index (κ3) is 4.23. The van der Waals surface area contributed by atoms with Gasteiger partial charge in [0.1, 0.15) is 5.41 Å². The highest BCUT2D eigenvalue weighted by Crippen LogP contribution is 2.23. The highest BCUT2D eigenvalue weighted by molar-refractivity contribution is 6.15. The van der Waals surface area contributed by atoms with Gasteiger partial charge in [-0.05, 0) is 38.1 Å². The van der Waals surface area contributed by atoms with E-state index < -0.39 is 23.2 Å². The summed E-state index contributed by atoms with van der Waals surface area (Å²) in [5.41, 5.74) is -0.236. The molecule has 0 unspecified atom stereocenters. The molecule has 2 N–H and O–H groups in total. The van der Waals surface area contributed by atoms with Crippen LogP contribution in [0, 0.1) is 5.41 Å². The molecule has 2 aromatic rings. The topological polar surface area (TPSA) is 84.5 Å². The van der Waals surface area contributed by atoms with Crippen molar-refractivity contribution in [3.05, 3.63) is 60.2 Å². The van der Waals surface area contributed by atoms with Crippen LogP contribution in [0.5, 0.6) is 0 Å². The lowest BCUT2D eigenvalue weighted by Crippen LogP contribution is -2.41. The van der Waals surface area contributed by atoms with Crippen molar-refractivity contribution in [2.75, 3.05) is 17.7 Å². The van der Waals surface area contributed by atoms with Gasteiger partial charge in [-0.3, -0.25) is 9.59 Å². The smallest absolute Gasteiger partial charge is 0.339 e. The third-order valence-electron chi connectivity index (χ3n) is 3.75. The van der Waals surface area contributed by atoms with E-state index in [4.69, 9.17) is 4.74 Å². The van der Waals surface area contributed by atoms with Gasteiger partial charge in [-0.25, -0.2) is 4.79 Å². The molecule has 0 aliphatic heterocycles. The summed E-state index contributed by atoms with van der Waals surface area (Å²) >= 11 is 0. The molecule has 6 nitrogen and oxygen atoms in total. The van der Waals surface area contributed by atoms with Gasteiger partial charge < -0.3 is 15.4 Å². The van der Waals surface area contributed by atoms with Gasteiger partial charge in [0.2, 0.25) is 11.8 Å². The number of hydrogen-bond acceptors (Lipinski definition) is 4. The Morgan fingerprint density at radius 2 is 1.40 bits per heavy atom. The number of anilines is 2. The van der Waals surface area contributed by atoms with Crippen molar-refractivity contribution in [1.29, 1.82) is 0 Å². The molecule has 2 amide bonds. The summed E-state index contributed by atoms with van der Waals surface area (Å²) in [6.07, 6.45) is 0. The standard InChI is InChI=1S/C19H20N2O4/c1-19(2,17(23)20-13-9-5-4-6-10-13)18(24)21-15-12-8-7-11-14(15)16(22)25-3/h4-12H,1-3H3,(H,20,23)(H,21,24). The average molecular weight is 340 g/mol. The van der Waals surface area contributed by atoms with Crippen LogP contribution in [-0.2, 0) is 14.3 Å². The highest BCUT2D eigenvalue weighted by atomic mass is 16.5. The van der Waals surface area contributed by atoms with E-state index in [1.54, 1.807) is 48.5 Å². The molecule has 0 bridgehead atoms. The number of ether oxygens (including phenoxy) is 1. The number of methoxy groups -OCH3 is 1. The summed E-state index contributed by atoms with van der Waals surface area (Å²) in [6, 6.07) is 15.3. The Kier molecular flexibility index (Phi) is 5.54. The predicted molar refractivity (Wildman–Crippen MR) is 95.3 cm³/mol. The van der Waals surface area contributed by atoms with Crippen LogP contribution in [0.2, 0.25) is 0 Å². The SMILES string of the molecule is COC(=O)c1ccccc1NC(=O)C(C)(C)C(=O)Nc1ccccc1. The van der Waals surface area contributed by atoms with Gasteiger partial charge in [0.15, 0.2) is 0 Å². The lowest BCUT2D eigenvalue weighted by Gasteiger charge is -2.23. The normalized spacial score (nSPS) is 10.7. The number of benzene rings is 2. The fourth-order valence-electron chi connectivity index (χ4n) is 2.07. The summed E-state index contributed by atoms with van der Waals surface area (Å²) in [4.78, 5) is 36.9. The number of esters is 1. The molecule has 0 aliphatic rings. The minimum absolute atomic E-state index is 0.220. The van der Waals surface area contributed by atoms with Gasteiger partial charge in [-0.1, -0.05) is 30.3 Å². The molecule has 25 heavy (non-hydrogen) atoms. The van der Waals surface area contributed by atoms with E-state index in [1.165, 1.54) is 21.0 Å². The molecule has 0 saturated carbocycles. The molecular weight excluding hydrogens is 320 g/mol. The van der Waals surface area contributed by atoms with E-state index in [9.17, 15) is 14.4 Å². The highest BCUT2D eigenvalue weighted by Gasteiger charge is 2.36. The second-order valence-corrected chi connectivity index (χ2v) is 5.94. The Morgan fingerprint density at radius 3 is 2.04 bits per heavy atom. The van der Waals surface area contributed by atoms with Gasteiger partial charge >= 0.3 is 5.97 Å². The van der Waals surface area contributed by atoms with E-state index >= 15 is 0 Å². The Bertz CT molecular complexity index is 785. The fourth-order valence-corrected chi connectivity index (χ4v) is 2.07. The molecule has 6 heteroatoms. The first-order valence-electron chi connectivity index (χ1n) is 7.71. The second-order valence-electron chi connectivity index (χ2n) is 5.94. The minimum atomic E-state index is -1.35. The van der Waals surface area contributed by atoms with Crippen LogP contribution < -0.4 is 10.6 Å². The van der Waals surface area contributed by atoms with Gasteiger partial charge in [0, 0.05) is 5.69 Å². The van der Waals surface area contributed by atoms with Crippen molar-refractivity contribution >= 4 is 29.2 Å². The number of para-hydroxylation sites is 2. The van der Waals surface area contributed by atoms with Crippen LogP contribution in [0.15, 0.2) is 54.6 Å². The maximum atomic E-state index is 12.6. The second kappa shape index (κ2) is 7.61. The van der Waals surface area contributed by atoms with E-state index in [0.717, 1.165) is 0 Å². The first kappa shape index (κ1) is 18.2. The van der Waals surface area contributed by atoms with Gasteiger partial charge in [-0.2, -0.15) is 0 Å². The molecule has 2 rings (SSSR count). The van der Waals surface area contributed by atoms with Crippen molar-refractivity contribution in [3.8, 4) is 0 Å². The molecule has 130 valence electrons. The number of amides is 2. The molecule has 0 aromatic heterocycles. The molecule has 0 spiro atoms. The Labute approximate surface area is 146 Å². The maximum absolute atomic E-state index is 12.6. The fraction of sp³-hybridized carbons (Fsp3) is 0.211. The zero-order valence-corrected chi connectivity index (χ0v) is 14.3. The Balaban J connectivity index is 2.16. The van der Waals surface area contributed by atoms with Crippen LogP contribution in [-0.4, -0.2) is 24.9 Å². The Hall–Kier alpha value is -3.15. The summed E-state index contributed by atoms with van der Waals surface area (Å²) in [5.74, 6) is -1.55. The first-order valence-corrected chi connectivity index (χ1v) is 7.71. The van der Waals surface area contributed by atoms with Crippen LogP contribution >= 0.6 is 0 Å². The summed E-state index contributed by atoms with van der Waals surface area (Å²) in [6.45, 7) is 3.03. The third-order valence-corrected chi connectivity index (χ3v) is 3.75. The number of carbonyl (C=O) groups excluding carboxylic acids is 3. The molecule has 0 fully saturated rings. The van der Waals surface area contributed by atoms with Gasteiger partial charge in [0.05, 0.1) is 18.4 Å². The van der Waals surface area contributed by atoms with Gasteiger partial charge in [-0.15, -0.1) is 0 Å². The lowest BCUT2D eigenvalue weighted by atomic mass is 9.90. The Morgan fingerprint density at radius 1 is 0.840 bits per heavy atom. The van der Waals surface area contributed by atoms with Crippen LogP contribution in [0.25, 0.3) is 0 Å². The largest absolute Gasteiger partial charge is 0.465 e. The number of rotatable bonds is 5. The van der Waals surface area contributed by atoms with E-state index in [1.807, 2.05) is 6.07 Å². The first-order chi connectivity index (χ1) is 11.9. The maximum Gasteiger partial charge on any atom is 0.339 e. The number of hydrogen-bond donors (Lipinski definition) is 2. The van der Waals surface area contributed by atoms with Crippen molar-refractivity contribution in [1.82, 2.24) is 0 Å². The number of nitrogens with one attached hydrogen (secondary N) is 2. The molecule has 0 heterocycles. The summed E-state index contributed by atoms with van der Waals surface area (Å²) in [7, 11) is 1.26. The van der Waals surface area contributed by atoms with Crippen molar-refractivity contribution < 1.29 is 19.1 Å². The molecule has 0 radical (unpaired) electrons. The predicted octanol–water partition coefficient (Wildman–Crippen LogP) is 3.08. The van der Waals surface area contributed by atoms with E-state index in [0.29, 0.717) is 11.4 Å². The minimum Gasteiger partial charge on any atom is -0.465 e. The van der Waals surface area contributed by atoms with E-state index in [2.05, 4.69) is 10.6 Å². The molecule has 2 aromatic carbocycles. The van der Waals surface area contributed by atoms with Crippen LogP contribution in [0.1, 0.15) is 24.2 Å². The molecule has 0 atom stereocenters. The molecule has 0 aliphatic carbocycles. The summed E-state index contributed by atoms with van der Waals surface area (Å²) in [5, 5.41) is 5.34. The lowest BCUT2D eigenvalue weighted by molar-refractivity contribution is -0.135. The van der Waals surface area contributed by atoms with E-state index in [-0.39, 0.29) is 5.56 Å². The van der Waals surface area contributed by atoms with Crippen molar-refractivity contribution in [2.45, 2.75) is 13.8 Å². The quantitative estimate of drug-likeness (QED) is 0.647. The summed E-state index contributed by atoms with van der Waals surface area (Å²) < 4.78 is 4.70. The van der Waals surface area contributed by atoms with Crippen molar-refractivity contribution in [3.63, 3.8) is 0 Å². The number of carbonyl (C=O) groups is 3. The zero-order chi connectivity index (χ0) is 18.4. The van der Waals surface area contributed by atoms with Crippen molar-refractivity contribution in [2.24, 2.45) is 5.41 Å². The van der Waals surface area contributed by atoms with Crippen LogP contribution in [0.4, 0.5) is 11.4 Å².